The molecule has 1 heterocycles. The summed E-state index contributed by atoms with van der Waals surface area (Å²) in [7, 11) is 0. The van der Waals surface area contributed by atoms with E-state index in [0.29, 0.717) is 12.0 Å². The normalized spacial score (nSPS) is 24.1. The van der Waals surface area contributed by atoms with Crippen LogP contribution in [0.2, 0.25) is 0 Å². The Bertz CT molecular complexity index is 225. The fraction of sp³-hybridized carbons (Fsp3) is 0.667. The van der Waals surface area contributed by atoms with E-state index in [1.807, 2.05) is 13.8 Å². The maximum atomic E-state index is 11.2. The van der Waals surface area contributed by atoms with Crippen LogP contribution in [0, 0.1) is 0 Å². The molecule has 2 unspecified atom stereocenters. The number of ether oxygens (including phenoxy) is 1. The molecule has 0 saturated heterocycles. The van der Waals surface area contributed by atoms with Gasteiger partial charge < -0.3 is 9.84 Å². The van der Waals surface area contributed by atoms with Crippen molar-refractivity contribution in [1.29, 1.82) is 0 Å². The van der Waals surface area contributed by atoms with Gasteiger partial charge in [-0.05, 0) is 18.2 Å². The summed E-state index contributed by atoms with van der Waals surface area (Å²) < 4.78 is 5.01. The van der Waals surface area contributed by atoms with Gasteiger partial charge in [-0.2, -0.15) is 0 Å². The zero-order valence-electron chi connectivity index (χ0n) is 7.82. The van der Waals surface area contributed by atoms with Crippen LogP contribution in [0.4, 0.5) is 0 Å². The maximum absolute atomic E-state index is 11.2. The standard InChI is InChI=1S/C9H14O3S/c1-3-7(10)6-5-8(13-4-2)12-9(6)11/h5,7-8,10H,3-4H2,1-2H3. The number of carbonyl (C=O) groups is 1. The zero-order valence-corrected chi connectivity index (χ0v) is 8.63. The molecule has 0 aromatic rings. The van der Waals surface area contributed by atoms with Gasteiger partial charge in [-0.3, -0.25) is 0 Å². The largest absolute Gasteiger partial charge is 0.443 e. The van der Waals surface area contributed by atoms with Crippen molar-refractivity contribution >= 4 is 17.7 Å². The van der Waals surface area contributed by atoms with Gasteiger partial charge >= 0.3 is 5.97 Å². The molecule has 0 aromatic heterocycles. The molecule has 0 radical (unpaired) electrons. The highest BCUT2D eigenvalue weighted by Crippen LogP contribution is 2.25. The second-order valence-corrected chi connectivity index (χ2v) is 4.15. The van der Waals surface area contributed by atoms with Gasteiger partial charge in [0.15, 0.2) is 5.44 Å². The number of carbonyl (C=O) groups excluding carboxylic acids is 1. The predicted molar refractivity (Wildman–Crippen MR) is 52.4 cm³/mol. The number of thioether (sulfide) groups is 1. The second kappa shape index (κ2) is 4.67. The molecule has 2 atom stereocenters. The first-order chi connectivity index (χ1) is 6.19. The highest BCUT2D eigenvalue weighted by Gasteiger charge is 2.29. The van der Waals surface area contributed by atoms with Crippen molar-refractivity contribution in [3.63, 3.8) is 0 Å². The molecule has 0 aliphatic carbocycles. The van der Waals surface area contributed by atoms with Crippen LogP contribution in [0.3, 0.4) is 0 Å². The predicted octanol–water partition coefficient (Wildman–Crippen LogP) is 1.32. The number of hydrogen-bond acceptors (Lipinski definition) is 4. The highest BCUT2D eigenvalue weighted by atomic mass is 32.2. The topological polar surface area (TPSA) is 46.5 Å². The number of cyclic esters (lactones) is 1. The number of aliphatic hydroxyl groups excluding tert-OH is 1. The van der Waals surface area contributed by atoms with Gasteiger partial charge in [0.25, 0.3) is 0 Å². The molecule has 4 heteroatoms. The molecule has 0 saturated carbocycles. The summed E-state index contributed by atoms with van der Waals surface area (Å²) in [6, 6.07) is 0. The Morgan fingerprint density at radius 2 is 2.38 bits per heavy atom. The highest BCUT2D eigenvalue weighted by molar-refractivity contribution is 7.99. The monoisotopic (exact) mass is 202 g/mol. The van der Waals surface area contributed by atoms with Gasteiger partial charge in [-0.25, -0.2) is 4.79 Å². The van der Waals surface area contributed by atoms with E-state index in [4.69, 9.17) is 4.74 Å². The van der Waals surface area contributed by atoms with Crippen molar-refractivity contribution in [2.75, 3.05) is 5.75 Å². The molecule has 0 spiro atoms. The average Bonchev–Trinajstić information content (AvgIpc) is 2.46. The van der Waals surface area contributed by atoms with E-state index in [2.05, 4.69) is 0 Å². The minimum absolute atomic E-state index is 0.200. The van der Waals surface area contributed by atoms with E-state index in [-0.39, 0.29) is 11.4 Å². The molecule has 13 heavy (non-hydrogen) atoms. The Morgan fingerprint density at radius 1 is 1.69 bits per heavy atom. The lowest BCUT2D eigenvalue weighted by Crippen LogP contribution is -2.14. The summed E-state index contributed by atoms with van der Waals surface area (Å²) >= 11 is 1.54. The first-order valence-electron chi connectivity index (χ1n) is 4.41. The van der Waals surface area contributed by atoms with Gasteiger partial charge in [-0.1, -0.05) is 13.8 Å². The van der Waals surface area contributed by atoms with Crippen molar-refractivity contribution in [2.24, 2.45) is 0 Å². The molecule has 1 N–H and O–H groups in total. The fourth-order valence-electron chi connectivity index (χ4n) is 1.14. The molecule has 74 valence electrons. The number of esters is 1. The van der Waals surface area contributed by atoms with Crippen LogP contribution in [0.25, 0.3) is 0 Å². The van der Waals surface area contributed by atoms with Crippen molar-refractivity contribution in [2.45, 2.75) is 31.8 Å². The lowest BCUT2D eigenvalue weighted by atomic mass is 10.1. The minimum Gasteiger partial charge on any atom is -0.443 e. The summed E-state index contributed by atoms with van der Waals surface area (Å²) in [4.78, 5) is 11.2. The second-order valence-electron chi connectivity index (χ2n) is 2.78. The van der Waals surface area contributed by atoms with Gasteiger partial charge in [0, 0.05) is 0 Å². The summed E-state index contributed by atoms with van der Waals surface area (Å²) in [6.45, 7) is 3.83. The van der Waals surface area contributed by atoms with Crippen LogP contribution >= 0.6 is 11.8 Å². The van der Waals surface area contributed by atoms with Crippen LogP contribution in [0.1, 0.15) is 20.3 Å². The van der Waals surface area contributed by atoms with E-state index in [1.54, 1.807) is 17.8 Å². The Labute approximate surface area is 82.2 Å². The smallest absolute Gasteiger partial charge is 0.337 e. The van der Waals surface area contributed by atoms with Gasteiger partial charge in [-0.15, -0.1) is 11.8 Å². The molecule has 0 bridgehead atoms. The van der Waals surface area contributed by atoms with Gasteiger partial charge in [0.1, 0.15) is 0 Å². The molecule has 1 aliphatic rings. The Balaban J connectivity index is 2.62. The summed E-state index contributed by atoms with van der Waals surface area (Å²) in [5.74, 6) is 0.518. The lowest BCUT2D eigenvalue weighted by Gasteiger charge is -2.05. The first-order valence-corrected chi connectivity index (χ1v) is 5.46. The Kier molecular flexibility index (Phi) is 3.81. The van der Waals surface area contributed by atoms with Crippen LogP contribution in [0.5, 0.6) is 0 Å². The third-order valence-corrected chi connectivity index (χ3v) is 2.75. The molecule has 0 amide bonds. The quantitative estimate of drug-likeness (QED) is 0.698. The summed E-state index contributed by atoms with van der Waals surface area (Å²) in [6.07, 6.45) is 1.59. The van der Waals surface area contributed by atoms with Crippen LogP contribution in [-0.2, 0) is 9.53 Å². The molecular formula is C9H14O3S. The minimum atomic E-state index is -0.671. The van der Waals surface area contributed by atoms with Gasteiger partial charge in [0.05, 0.1) is 11.7 Å². The Morgan fingerprint density at radius 3 is 2.92 bits per heavy atom. The van der Waals surface area contributed by atoms with Gasteiger partial charge in [0.2, 0.25) is 0 Å². The number of aliphatic hydroxyl groups is 1. The molecule has 1 aliphatic heterocycles. The van der Waals surface area contributed by atoms with E-state index >= 15 is 0 Å². The van der Waals surface area contributed by atoms with Crippen molar-refractivity contribution in [1.82, 2.24) is 0 Å². The SMILES string of the molecule is CCSC1C=C(C(O)CC)C(=O)O1. The Hall–Kier alpha value is -0.480. The van der Waals surface area contributed by atoms with Crippen molar-refractivity contribution < 1.29 is 14.6 Å². The number of hydrogen-bond donors (Lipinski definition) is 1. The summed E-state index contributed by atoms with van der Waals surface area (Å²) in [5.41, 5.74) is 0.210. The van der Waals surface area contributed by atoms with E-state index in [0.717, 1.165) is 5.75 Å². The molecule has 1 rings (SSSR count). The van der Waals surface area contributed by atoms with Crippen molar-refractivity contribution in [3.8, 4) is 0 Å². The summed E-state index contributed by atoms with van der Waals surface area (Å²) in [5, 5.41) is 9.44. The maximum Gasteiger partial charge on any atom is 0.337 e. The third-order valence-electron chi connectivity index (χ3n) is 1.85. The van der Waals surface area contributed by atoms with E-state index in [1.165, 1.54) is 0 Å². The molecule has 0 fully saturated rings. The number of rotatable bonds is 4. The fourth-order valence-corrected chi connectivity index (χ4v) is 1.86. The molecule has 3 nitrogen and oxygen atoms in total. The van der Waals surface area contributed by atoms with E-state index < -0.39 is 6.10 Å². The van der Waals surface area contributed by atoms with Crippen LogP contribution < -0.4 is 0 Å². The molecule has 0 aromatic carbocycles. The third kappa shape index (κ3) is 2.48. The van der Waals surface area contributed by atoms with Crippen molar-refractivity contribution in [3.05, 3.63) is 11.6 Å². The molecular weight excluding hydrogens is 188 g/mol. The van der Waals surface area contributed by atoms with Crippen LogP contribution in [-0.4, -0.2) is 28.4 Å². The zero-order chi connectivity index (χ0) is 9.84. The lowest BCUT2D eigenvalue weighted by molar-refractivity contribution is -0.137. The first kappa shape index (κ1) is 10.6. The average molecular weight is 202 g/mol. The van der Waals surface area contributed by atoms with Crippen LogP contribution in [0.15, 0.2) is 11.6 Å². The van der Waals surface area contributed by atoms with E-state index in [9.17, 15) is 9.90 Å².